The van der Waals surface area contributed by atoms with Gasteiger partial charge < -0.3 is 5.11 Å². The summed E-state index contributed by atoms with van der Waals surface area (Å²) in [5, 5.41) is 10.5. The van der Waals surface area contributed by atoms with Crippen LogP contribution >= 0.6 is 22.9 Å². The molecule has 0 amide bonds. The zero-order chi connectivity index (χ0) is 12.5. The lowest BCUT2D eigenvalue weighted by Gasteiger charge is -2.29. The molecule has 0 bridgehead atoms. The summed E-state index contributed by atoms with van der Waals surface area (Å²) in [6, 6.07) is 12.0. The van der Waals surface area contributed by atoms with Gasteiger partial charge in [0.15, 0.2) is 0 Å². The van der Waals surface area contributed by atoms with E-state index in [0.29, 0.717) is 5.92 Å². The minimum absolute atomic E-state index is 0.542. The molecule has 0 spiro atoms. The molecule has 1 fully saturated rings. The molecule has 0 saturated heterocycles. The maximum absolute atomic E-state index is 10.5. The number of rotatable bonds is 3. The predicted octanol–water partition coefficient (Wildman–Crippen LogP) is 4.75. The second-order valence-electron chi connectivity index (χ2n) is 4.80. The van der Waals surface area contributed by atoms with Crippen molar-refractivity contribution in [2.45, 2.75) is 31.3 Å². The van der Waals surface area contributed by atoms with Crippen LogP contribution in [0.4, 0.5) is 0 Å². The molecule has 1 atom stereocenters. The SMILES string of the molecule is OC(c1ccc(Cl)s1)c1ccccc1C1CCC1. The van der Waals surface area contributed by atoms with Crippen LogP contribution in [0.15, 0.2) is 36.4 Å². The lowest BCUT2D eigenvalue weighted by molar-refractivity contribution is 0.221. The van der Waals surface area contributed by atoms with E-state index in [2.05, 4.69) is 12.1 Å². The second kappa shape index (κ2) is 5.04. The van der Waals surface area contributed by atoms with Crippen LogP contribution in [0.1, 0.15) is 47.3 Å². The van der Waals surface area contributed by atoms with Crippen molar-refractivity contribution in [3.05, 3.63) is 56.7 Å². The van der Waals surface area contributed by atoms with E-state index in [9.17, 15) is 5.11 Å². The summed E-state index contributed by atoms with van der Waals surface area (Å²) >= 11 is 7.39. The van der Waals surface area contributed by atoms with E-state index in [1.165, 1.54) is 36.2 Å². The highest BCUT2D eigenvalue weighted by Gasteiger charge is 2.25. The van der Waals surface area contributed by atoms with Gasteiger partial charge in [-0.2, -0.15) is 0 Å². The van der Waals surface area contributed by atoms with Crippen LogP contribution in [-0.2, 0) is 0 Å². The van der Waals surface area contributed by atoms with E-state index in [4.69, 9.17) is 11.6 Å². The molecule has 0 aliphatic heterocycles. The van der Waals surface area contributed by atoms with Crippen LogP contribution in [0.3, 0.4) is 0 Å². The van der Waals surface area contributed by atoms with E-state index in [1.54, 1.807) is 0 Å². The van der Waals surface area contributed by atoms with Gasteiger partial charge in [0.1, 0.15) is 6.10 Å². The van der Waals surface area contributed by atoms with Crippen molar-refractivity contribution >= 4 is 22.9 Å². The Morgan fingerprint density at radius 1 is 1.17 bits per heavy atom. The number of benzene rings is 1. The largest absolute Gasteiger partial charge is 0.383 e. The van der Waals surface area contributed by atoms with E-state index in [0.717, 1.165) is 14.8 Å². The molecule has 1 aliphatic rings. The molecule has 3 rings (SSSR count). The Morgan fingerprint density at radius 3 is 2.56 bits per heavy atom. The summed E-state index contributed by atoms with van der Waals surface area (Å²) in [6.45, 7) is 0. The highest BCUT2D eigenvalue weighted by atomic mass is 35.5. The van der Waals surface area contributed by atoms with Gasteiger partial charge in [-0.25, -0.2) is 0 Å². The van der Waals surface area contributed by atoms with Crippen LogP contribution in [-0.4, -0.2) is 5.11 Å². The first-order chi connectivity index (χ1) is 8.75. The maximum atomic E-state index is 10.5. The zero-order valence-corrected chi connectivity index (χ0v) is 11.5. The van der Waals surface area contributed by atoms with Crippen molar-refractivity contribution in [3.8, 4) is 0 Å². The Hall–Kier alpha value is -0.830. The molecule has 1 nitrogen and oxygen atoms in total. The van der Waals surface area contributed by atoms with Gasteiger partial charge >= 0.3 is 0 Å². The van der Waals surface area contributed by atoms with Crippen LogP contribution in [0.5, 0.6) is 0 Å². The van der Waals surface area contributed by atoms with Crippen molar-refractivity contribution in [1.82, 2.24) is 0 Å². The minimum atomic E-state index is -0.542. The number of hydrogen-bond donors (Lipinski definition) is 1. The van der Waals surface area contributed by atoms with Crippen LogP contribution in [0.25, 0.3) is 0 Å². The number of halogens is 1. The highest BCUT2D eigenvalue weighted by molar-refractivity contribution is 7.16. The maximum Gasteiger partial charge on any atom is 0.114 e. The Bertz CT molecular complexity index is 545. The molecular formula is C15H15ClOS. The average Bonchev–Trinajstić information content (AvgIpc) is 2.74. The smallest absolute Gasteiger partial charge is 0.114 e. The lowest BCUT2D eigenvalue weighted by atomic mass is 9.77. The van der Waals surface area contributed by atoms with Crippen LogP contribution in [0, 0.1) is 0 Å². The third-order valence-corrected chi connectivity index (χ3v) is 4.98. The molecule has 1 saturated carbocycles. The monoisotopic (exact) mass is 278 g/mol. The normalized spacial score (nSPS) is 17.4. The number of aliphatic hydroxyl groups excluding tert-OH is 1. The summed E-state index contributed by atoms with van der Waals surface area (Å²) in [7, 11) is 0. The fraction of sp³-hybridized carbons (Fsp3) is 0.333. The van der Waals surface area contributed by atoms with Crippen LogP contribution in [0.2, 0.25) is 4.34 Å². The fourth-order valence-corrected chi connectivity index (χ4v) is 3.55. The standard InChI is InChI=1S/C15H15ClOS/c16-14-9-8-13(18-14)15(17)12-7-2-1-6-11(12)10-4-3-5-10/h1-2,6-10,15,17H,3-5H2. The van der Waals surface area contributed by atoms with Gasteiger partial charge in [0, 0.05) is 4.88 Å². The van der Waals surface area contributed by atoms with Gasteiger partial charge in [-0.3, -0.25) is 0 Å². The van der Waals surface area contributed by atoms with Crippen LogP contribution < -0.4 is 0 Å². The van der Waals surface area contributed by atoms with Gasteiger partial charge in [0.2, 0.25) is 0 Å². The molecule has 1 unspecified atom stereocenters. The molecule has 1 aromatic heterocycles. The molecule has 94 valence electrons. The Morgan fingerprint density at radius 2 is 1.94 bits per heavy atom. The Balaban J connectivity index is 1.95. The zero-order valence-electron chi connectivity index (χ0n) is 9.97. The first-order valence-electron chi connectivity index (χ1n) is 6.28. The van der Waals surface area contributed by atoms with E-state index < -0.39 is 6.10 Å². The van der Waals surface area contributed by atoms with Gasteiger partial charge in [0.25, 0.3) is 0 Å². The van der Waals surface area contributed by atoms with Crippen molar-refractivity contribution in [2.24, 2.45) is 0 Å². The number of hydrogen-bond acceptors (Lipinski definition) is 2. The quantitative estimate of drug-likeness (QED) is 0.859. The van der Waals surface area contributed by atoms with E-state index in [1.807, 2.05) is 24.3 Å². The summed E-state index contributed by atoms with van der Waals surface area (Å²) in [4.78, 5) is 0.923. The summed E-state index contributed by atoms with van der Waals surface area (Å²) in [6.07, 6.45) is 3.25. The summed E-state index contributed by atoms with van der Waals surface area (Å²) in [5.74, 6) is 0.631. The molecule has 1 heterocycles. The molecule has 3 heteroatoms. The second-order valence-corrected chi connectivity index (χ2v) is 6.55. The Kier molecular flexibility index (Phi) is 3.42. The highest BCUT2D eigenvalue weighted by Crippen LogP contribution is 2.41. The predicted molar refractivity (Wildman–Crippen MR) is 76.4 cm³/mol. The number of thiophene rings is 1. The van der Waals surface area contributed by atoms with Crippen molar-refractivity contribution < 1.29 is 5.11 Å². The minimum Gasteiger partial charge on any atom is -0.383 e. The molecule has 2 aromatic rings. The average molecular weight is 279 g/mol. The van der Waals surface area contributed by atoms with Gasteiger partial charge in [-0.1, -0.05) is 42.3 Å². The molecular weight excluding hydrogens is 264 g/mol. The first kappa shape index (κ1) is 12.2. The van der Waals surface area contributed by atoms with Crippen molar-refractivity contribution in [2.75, 3.05) is 0 Å². The van der Waals surface area contributed by atoms with Gasteiger partial charge in [-0.15, -0.1) is 11.3 Å². The molecule has 0 radical (unpaired) electrons. The number of aliphatic hydroxyl groups is 1. The topological polar surface area (TPSA) is 20.2 Å². The van der Waals surface area contributed by atoms with Gasteiger partial charge in [-0.05, 0) is 42.0 Å². The summed E-state index contributed by atoms with van der Waals surface area (Å²) in [5.41, 5.74) is 2.35. The van der Waals surface area contributed by atoms with E-state index >= 15 is 0 Å². The molecule has 1 aliphatic carbocycles. The van der Waals surface area contributed by atoms with E-state index in [-0.39, 0.29) is 0 Å². The summed E-state index contributed by atoms with van der Waals surface area (Å²) < 4.78 is 0.727. The Labute approximate surface area is 116 Å². The first-order valence-corrected chi connectivity index (χ1v) is 7.47. The molecule has 18 heavy (non-hydrogen) atoms. The molecule has 1 N–H and O–H groups in total. The third kappa shape index (κ3) is 2.20. The fourth-order valence-electron chi connectivity index (χ4n) is 2.48. The van der Waals surface area contributed by atoms with Gasteiger partial charge in [0.05, 0.1) is 4.34 Å². The molecule has 1 aromatic carbocycles. The van der Waals surface area contributed by atoms with Crippen molar-refractivity contribution in [3.63, 3.8) is 0 Å². The lowest BCUT2D eigenvalue weighted by Crippen LogP contribution is -2.13. The van der Waals surface area contributed by atoms with Crippen molar-refractivity contribution in [1.29, 1.82) is 0 Å². The third-order valence-electron chi connectivity index (χ3n) is 3.70.